The van der Waals surface area contributed by atoms with Gasteiger partial charge >= 0.3 is 49.4 Å². The van der Waals surface area contributed by atoms with Crippen molar-refractivity contribution in [2.75, 3.05) is 13.2 Å². The number of rotatable bonds is 0. The van der Waals surface area contributed by atoms with Gasteiger partial charge in [-0.05, 0) is 12.8 Å². The maximum atomic E-state index is 4.94. The summed E-state index contributed by atoms with van der Waals surface area (Å²) in [5, 5.41) is 0. The minimum absolute atomic E-state index is 0. The Hall–Kier alpha value is 1.54. The average Bonchev–Trinajstić information content (AvgIpc) is 1.76. The van der Waals surface area contributed by atoms with Gasteiger partial charge in [-0.25, -0.2) is 0 Å². The zero-order chi connectivity index (χ0) is 3.54. The SMILES string of the molecule is C1CCOC1.[Eu+2]. The van der Waals surface area contributed by atoms with Crippen molar-refractivity contribution in [1.82, 2.24) is 0 Å². The average molecular weight is 224 g/mol. The molecular weight excluding hydrogens is 216 g/mol. The van der Waals surface area contributed by atoms with Crippen LogP contribution in [-0.2, 0) is 4.74 Å². The molecule has 0 amide bonds. The molecule has 0 unspecified atom stereocenters. The first kappa shape index (κ1) is 7.54. The van der Waals surface area contributed by atoms with Gasteiger partial charge in [-0.1, -0.05) is 0 Å². The van der Waals surface area contributed by atoms with E-state index < -0.39 is 0 Å². The molecule has 1 nitrogen and oxygen atoms in total. The molecule has 0 aliphatic carbocycles. The van der Waals surface area contributed by atoms with Gasteiger partial charge in [-0.2, -0.15) is 0 Å². The standard InChI is InChI=1S/C4H8O.Eu/c1-2-4-5-3-1;/h1-4H2;/q;+2. The van der Waals surface area contributed by atoms with E-state index in [1.54, 1.807) is 0 Å². The molecule has 0 aromatic heterocycles. The van der Waals surface area contributed by atoms with E-state index in [0.29, 0.717) is 0 Å². The van der Waals surface area contributed by atoms with E-state index in [2.05, 4.69) is 0 Å². The van der Waals surface area contributed by atoms with Crippen LogP contribution in [0.4, 0.5) is 0 Å². The molecule has 6 heavy (non-hydrogen) atoms. The zero-order valence-corrected chi connectivity index (χ0v) is 6.04. The Morgan fingerprint density at radius 2 is 1.50 bits per heavy atom. The Kier molecular flexibility index (Phi) is 5.91. The molecule has 1 aliphatic rings. The van der Waals surface area contributed by atoms with Crippen LogP contribution in [0.15, 0.2) is 0 Å². The molecule has 1 aliphatic heterocycles. The predicted molar refractivity (Wildman–Crippen MR) is 20.1 cm³/mol. The Morgan fingerprint density at radius 3 is 1.67 bits per heavy atom. The minimum atomic E-state index is 0. The minimum Gasteiger partial charge on any atom is -0.381 e. The van der Waals surface area contributed by atoms with Crippen molar-refractivity contribution in [2.45, 2.75) is 12.8 Å². The van der Waals surface area contributed by atoms with Gasteiger partial charge in [0.15, 0.2) is 0 Å². The van der Waals surface area contributed by atoms with Crippen molar-refractivity contribution in [2.24, 2.45) is 0 Å². The van der Waals surface area contributed by atoms with Crippen LogP contribution in [0.25, 0.3) is 0 Å². The second kappa shape index (κ2) is 4.70. The van der Waals surface area contributed by atoms with Crippen LogP contribution in [0.1, 0.15) is 12.8 Å². The first-order chi connectivity index (χ1) is 2.50. The van der Waals surface area contributed by atoms with Gasteiger partial charge in [0.05, 0.1) is 0 Å². The van der Waals surface area contributed by atoms with Crippen molar-refractivity contribution >= 4 is 0 Å². The summed E-state index contributed by atoms with van der Waals surface area (Å²) in [7, 11) is 0. The van der Waals surface area contributed by atoms with Gasteiger partial charge < -0.3 is 4.74 Å². The van der Waals surface area contributed by atoms with E-state index in [1.807, 2.05) is 0 Å². The third-order valence-corrected chi connectivity index (χ3v) is 0.827. The van der Waals surface area contributed by atoms with Crippen molar-refractivity contribution in [1.29, 1.82) is 0 Å². The summed E-state index contributed by atoms with van der Waals surface area (Å²) in [6, 6.07) is 0. The summed E-state index contributed by atoms with van der Waals surface area (Å²) in [5.41, 5.74) is 0. The molecule has 1 radical (unpaired) electrons. The molecule has 35 valence electrons. The van der Waals surface area contributed by atoms with Crippen molar-refractivity contribution in [3.05, 3.63) is 0 Å². The monoisotopic (exact) mass is 225 g/mol. The van der Waals surface area contributed by atoms with Crippen molar-refractivity contribution in [3.8, 4) is 0 Å². The van der Waals surface area contributed by atoms with E-state index in [-0.39, 0.29) is 49.4 Å². The summed E-state index contributed by atoms with van der Waals surface area (Å²) in [6.07, 6.45) is 2.56. The molecule has 0 saturated carbocycles. The normalized spacial score (nSPS) is 20.0. The number of ether oxygens (including phenoxy) is 1. The molecule has 1 rings (SSSR count). The molecule has 1 heterocycles. The Morgan fingerprint density at radius 1 is 1.00 bits per heavy atom. The number of hydrogen-bond acceptors (Lipinski definition) is 1. The van der Waals surface area contributed by atoms with Gasteiger partial charge in [0.2, 0.25) is 0 Å². The third kappa shape index (κ3) is 2.67. The maximum absolute atomic E-state index is 4.94. The molecule has 0 bridgehead atoms. The molecular formula is C4H8EuO+2. The first-order valence-electron chi connectivity index (χ1n) is 2.08. The van der Waals surface area contributed by atoms with Gasteiger partial charge in [0, 0.05) is 13.2 Å². The fourth-order valence-electron chi connectivity index (χ4n) is 0.510. The maximum Gasteiger partial charge on any atom is 2.00 e. The molecule has 1 saturated heterocycles. The van der Waals surface area contributed by atoms with Gasteiger partial charge in [-0.3, -0.25) is 0 Å². The van der Waals surface area contributed by atoms with Gasteiger partial charge in [-0.15, -0.1) is 0 Å². The first-order valence-corrected chi connectivity index (χ1v) is 2.08. The van der Waals surface area contributed by atoms with E-state index in [0.717, 1.165) is 13.2 Å². The fourth-order valence-corrected chi connectivity index (χ4v) is 0.510. The third-order valence-electron chi connectivity index (χ3n) is 0.827. The quantitative estimate of drug-likeness (QED) is 0.591. The van der Waals surface area contributed by atoms with Crippen LogP contribution >= 0.6 is 0 Å². The zero-order valence-electron chi connectivity index (χ0n) is 3.61. The summed E-state index contributed by atoms with van der Waals surface area (Å²) >= 11 is 0. The number of hydrogen-bond donors (Lipinski definition) is 0. The second-order valence-electron chi connectivity index (χ2n) is 1.32. The molecule has 0 N–H and O–H groups in total. The molecule has 0 aromatic carbocycles. The summed E-state index contributed by atoms with van der Waals surface area (Å²) < 4.78 is 4.94. The molecule has 0 atom stereocenters. The van der Waals surface area contributed by atoms with E-state index in [9.17, 15) is 0 Å². The molecule has 1 fully saturated rings. The van der Waals surface area contributed by atoms with Crippen LogP contribution in [-0.4, -0.2) is 13.2 Å². The van der Waals surface area contributed by atoms with Crippen LogP contribution < -0.4 is 0 Å². The summed E-state index contributed by atoms with van der Waals surface area (Å²) in [5.74, 6) is 0. The summed E-state index contributed by atoms with van der Waals surface area (Å²) in [4.78, 5) is 0. The molecule has 2 heteroatoms. The topological polar surface area (TPSA) is 9.23 Å². The van der Waals surface area contributed by atoms with Crippen LogP contribution in [0.3, 0.4) is 0 Å². The predicted octanol–water partition coefficient (Wildman–Crippen LogP) is 0.797. The van der Waals surface area contributed by atoms with E-state index >= 15 is 0 Å². The van der Waals surface area contributed by atoms with Crippen molar-refractivity contribution < 1.29 is 54.1 Å². The van der Waals surface area contributed by atoms with E-state index in [1.165, 1.54) is 12.8 Å². The van der Waals surface area contributed by atoms with Crippen LogP contribution in [0.5, 0.6) is 0 Å². The van der Waals surface area contributed by atoms with Crippen LogP contribution in [0.2, 0.25) is 0 Å². The smallest absolute Gasteiger partial charge is 0.381 e. The summed E-state index contributed by atoms with van der Waals surface area (Å²) in [6.45, 7) is 2.00. The Balaban J connectivity index is 0.000000250. The molecule has 0 spiro atoms. The van der Waals surface area contributed by atoms with E-state index in [4.69, 9.17) is 4.74 Å². The van der Waals surface area contributed by atoms with Crippen LogP contribution in [0, 0.1) is 49.4 Å². The Labute approximate surface area is 79.0 Å². The Bertz CT molecular complexity index is 19.1. The van der Waals surface area contributed by atoms with Gasteiger partial charge in [0.25, 0.3) is 0 Å². The van der Waals surface area contributed by atoms with Gasteiger partial charge in [0.1, 0.15) is 0 Å². The van der Waals surface area contributed by atoms with Crippen molar-refractivity contribution in [3.63, 3.8) is 0 Å². The fraction of sp³-hybridized carbons (Fsp3) is 1.00. The largest absolute Gasteiger partial charge is 2.00 e. The molecule has 0 aromatic rings. The second-order valence-corrected chi connectivity index (χ2v) is 1.32.